The molecule has 0 bridgehead atoms. The summed E-state index contributed by atoms with van der Waals surface area (Å²) in [4.78, 5) is 22.2. The van der Waals surface area contributed by atoms with E-state index in [-0.39, 0.29) is 11.9 Å². The number of carbonyl (C=O) groups is 1. The number of nitrogens with one attached hydrogen (secondary N) is 1. The molecule has 3 heterocycles. The molecule has 1 unspecified atom stereocenters. The van der Waals surface area contributed by atoms with Gasteiger partial charge in [0, 0.05) is 13.6 Å². The molecule has 3 rings (SSSR count). The van der Waals surface area contributed by atoms with Crippen LogP contribution < -0.4 is 5.32 Å². The highest BCUT2D eigenvalue weighted by Crippen LogP contribution is 2.29. The van der Waals surface area contributed by atoms with Crippen molar-refractivity contribution < 1.29 is 4.79 Å². The van der Waals surface area contributed by atoms with Crippen LogP contribution in [0.4, 0.5) is 5.82 Å². The fourth-order valence-corrected chi connectivity index (χ4v) is 3.15. The molecule has 1 atom stereocenters. The minimum atomic E-state index is -0.157. The van der Waals surface area contributed by atoms with Crippen LogP contribution >= 0.6 is 11.3 Å². The number of aryl methyl sites for hydroxylation is 1. The second-order valence-electron chi connectivity index (χ2n) is 4.56. The second-order valence-corrected chi connectivity index (χ2v) is 5.44. The van der Waals surface area contributed by atoms with Crippen LogP contribution in [0.25, 0.3) is 10.2 Å². The molecule has 1 amide bonds. The zero-order valence-corrected chi connectivity index (χ0v) is 11.1. The van der Waals surface area contributed by atoms with Crippen molar-refractivity contribution in [2.45, 2.75) is 19.4 Å². The maximum atomic E-state index is 11.9. The largest absolute Gasteiger partial charge is 0.357 e. The van der Waals surface area contributed by atoms with Crippen LogP contribution in [-0.4, -0.2) is 40.4 Å². The molecule has 0 aliphatic carbocycles. The van der Waals surface area contributed by atoms with Gasteiger partial charge < -0.3 is 10.2 Å². The Balaban J connectivity index is 1.93. The molecule has 94 valence electrons. The van der Waals surface area contributed by atoms with Gasteiger partial charge in [-0.25, -0.2) is 9.97 Å². The van der Waals surface area contributed by atoms with Gasteiger partial charge in [0.1, 0.15) is 18.2 Å². The number of thiophene rings is 1. The standard InChI is InChI=1S/C12H14N4OS/c1-7-5-18-10-9(7)13-6-14-11(10)15-8-3-4-16(2)12(8)17/h5-6,8H,3-4H2,1-2H3,(H,13,14,15). The van der Waals surface area contributed by atoms with E-state index in [4.69, 9.17) is 0 Å². The van der Waals surface area contributed by atoms with Crippen molar-refractivity contribution in [2.24, 2.45) is 0 Å². The van der Waals surface area contributed by atoms with Gasteiger partial charge in [0.25, 0.3) is 0 Å². The maximum Gasteiger partial charge on any atom is 0.244 e. The number of likely N-dealkylation sites (tertiary alicyclic amines) is 1. The van der Waals surface area contributed by atoms with E-state index in [1.54, 1.807) is 22.6 Å². The molecule has 1 N–H and O–H groups in total. The van der Waals surface area contributed by atoms with E-state index in [2.05, 4.69) is 20.7 Å². The molecule has 2 aromatic rings. The van der Waals surface area contributed by atoms with E-state index in [0.29, 0.717) is 0 Å². The Morgan fingerprint density at radius 1 is 1.50 bits per heavy atom. The highest BCUT2D eigenvalue weighted by Gasteiger charge is 2.29. The topological polar surface area (TPSA) is 58.1 Å². The molecule has 1 aliphatic heterocycles. The Kier molecular flexibility index (Phi) is 2.66. The summed E-state index contributed by atoms with van der Waals surface area (Å²) in [6, 6.07) is -0.157. The van der Waals surface area contributed by atoms with Crippen molar-refractivity contribution in [1.29, 1.82) is 0 Å². The number of fused-ring (bicyclic) bond motifs is 1. The van der Waals surface area contributed by atoms with E-state index in [1.807, 2.05) is 14.0 Å². The number of likely N-dealkylation sites (N-methyl/N-ethyl adjacent to an activating group) is 1. The second kappa shape index (κ2) is 4.20. The molecular formula is C12H14N4OS. The van der Waals surface area contributed by atoms with Crippen LogP contribution in [0.3, 0.4) is 0 Å². The van der Waals surface area contributed by atoms with Crippen molar-refractivity contribution in [1.82, 2.24) is 14.9 Å². The van der Waals surface area contributed by atoms with Crippen molar-refractivity contribution in [3.8, 4) is 0 Å². The minimum absolute atomic E-state index is 0.134. The number of anilines is 1. The zero-order chi connectivity index (χ0) is 12.7. The van der Waals surface area contributed by atoms with Crippen molar-refractivity contribution in [3.05, 3.63) is 17.3 Å². The third-order valence-corrected chi connectivity index (χ3v) is 4.36. The molecule has 2 aromatic heterocycles. The van der Waals surface area contributed by atoms with E-state index < -0.39 is 0 Å². The van der Waals surface area contributed by atoms with Gasteiger partial charge in [-0.1, -0.05) is 0 Å². The third-order valence-electron chi connectivity index (χ3n) is 3.27. The lowest BCUT2D eigenvalue weighted by Gasteiger charge is -2.12. The molecule has 0 aromatic carbocycles. The van der Waals surface area contributed by atoms with Gasteiger partial charge in [0.2, 0.25) is 5.91 Å². The lowest BCUT2D eigenvalue weighted by Crippen LogP contribution is -2.31. The van der Waals surface area contributed by atoms with Gasteiger partial charge in [-0.15, -0.1) is 11.3 Å². The Labute approximate surface area is 109 Å². The fourth-order valence-electron chi connectivity index (χ4n) is 2.19. The summed E-state index contributed by atoms with van der Waals surface area (Å²) in [5.41, 5.74) is 2.12. The van der Waals surface area contributed by atoms with Gasteiger partial charge in [0.15, 0.2) is 0 Å². The molecule has 5 nitrogen and oxygen atoms in total. The van der Waals surface area contributed by atoms with E-state index in [9.17, 15) is 4.79 Å². The molecule has 18 heavy (non-hydrogen) atoms. The first-order valence-corrected chi connectivity index (χ1v) is 6.75. The summed E-state index contributed by atoms with van der Waals surface area (Å²) in [5.74, 6) is 0.904. The van der Waals surface area contributed by atoms with Crippen LogP contribution in [0, 0.1) is 6.92 Å². The van der Waals surface area contributed by atoms with Crippen LogP contribution in [0.1, 0.15) is 12.0 Å². The Morgan fingerprint density at radius 3 is 3.06 bits per heavy atom. The molecule has 1 fully saturated rings. The minimum Gasteiger partial charge on any atom is -0.357 e. The molecule has 0 saturated carbocycles. The number of rotatable bonds is 2. The average Bonchev–Trinajstić information content (AvgIpc) is 2.89. The van der Waals surface area contributed by atoms with Gasteiger partial charge in [-0.2, -0.15) is 0 Å². The van der Waals surface area contributed by atoms with Crippen LogP contribution in [0.2, 0.25) is 0 Å². The molecular weight excluding hydrogens is 248 g/mol. The Hall–Kier alpha value is -1.69. The third kappa shape index (κ3) is 1.73. The molecule has 1 saturated heterocycles. The molecule has 1 aliphatic rings. The highest BCUT2D eigenvalue weighted by molar-refractivity contribution is 7.18. The van der Waals surface area contributed by atoms with Crippen molar-refractivity contribution in [3.63, 3.8) is 0 Å². The number of amides is 1. The van der Waals surface area contributed by atoms with Gasteiger partial charge in [0.05, 0.1) is 10.2 Å². The zero-order valence-electron chi connectivity index (χ0n) is 10.3. The smallest absolute Gasteiger partial charge is 0.244 e. The summed E-state index contributed by atoms with van der Waals surface area (Å²) in [6.07, 6.45) is 2.37. The predicted molar refractivity (Wildman–Crippen MR) is 71.8 cm³/mol. The number of hydrogen-bond acceptors (Lipinski definition) is 5. The Morgan fingerprint density at radius 2 is 2.33 bits per heavy atom. The first-order valence-electron chi connectivity index (χ1n) is 5.87. The summed E-state index contributed by atoms with van der Waals surface area (Å²) < 4.78 is 1.03. The average molecular weight is 262 g/mol. The normalized spacial score (nSPS) is 19.8. The lowest BCUT2D eigenvalue weighted by molar-refractivity contribution is -0.127. The van der Waals surface area contributed by atoms with Crippen molar-refractivity contribution in [2.75, 3.05) is 18.9 Å². The predicted octanol–water partition coefficient (Wildman–Crippen LogP) is 1.64. The monoisotopic (exact) mass is 262 g/mol. The summed E-state index contributed by atoms with van der Waals surface area (Å²) in [7, 11) is 1.83. The number of carbonyl (C=O) groups excluding carboxylic acids is 1. The number of aromatic nitrogens is 2. The van der Waals surface area contributed by atoms with Crippen molar-refractivity contribution >= 4 is 33.3 Å². The van der Waals surface area contributed by atoms with Crippen LogP contribution in [0.15, 0.2) is 11.7 Å². The van der Waals surface area contributed by atoms with Gasteiger partial charge >= 0.3 is 0 Å². The van der Waals surface area contributed by atoms with E-state index in [1.165, 1.54) is 0 Å². The van der Waals surface area contributed by atoms with E-state index in [0.717, 1.165) is 34.6 Å². The summed E-state index contributed by atoms with van der Waals surface area (Å²) >= 11 is 1.61. The first-order chi connectivity index (χ1) is 8.66. The number of nitrogens with zero attached hydrogens (tertiary/aromatic N) is 3. The SMILES string of the molecule is Cc1csc2c(NC3CCN(C)C3=O)ncnc12. The summed E-state index contributed by atoms with van der Waals surface area (Å²) in [6.45, 7) is 2.83. The highest BCUT2D eigenvalue weighted by atomic mass is 32.1. The first kappa shape index (κ1) is 11.4. The molecule has 0 spiro atoms. The quantitative estimate of drug-likeness (QED) is 0.894. The summed E-state index contributed by atoms with van der Waals surface area (Å²) in [5, 5.41) is 5.31. The van der Waals surface area contributed by atoms with Crippen LogP contribution in [0.5, 0.6) is 0 Å². The molecule has 6 heteroatoms. The Bertz CT molecular complexity index is 609. The van der Waals surface area contributed by atoms with E-state index >= 15 is 0 Å². The fraction of sp³-hybridized carbons (Fsp3) is 0.417. The van der Waals surface area contributed by atoms with Gasteiger partial charge in [-0.3, -0.25) is 4.79 Å². The lowest BCUT2D eigenvalue weighted by atomic mass is 10.2. The van der Waals surface area contributed by atoms with Gasteiger partial charge in [-0.05, 0) is 24.3 Å². The maximum absolute atomic E-state index is 11.9. The molecule has 0 radical (unpaired) electrons. The van der Waals surface area contributed by atoms with Crippen LogP contribution in [-0.2, 0) is 4.79 Å². The number of hydrogen-bond donors (Lipinski definition) is 1.